The summed E-state index contributed by atoms with van der Waals surface area (Å²) in [6.45, 7) is 4.22. The standard InChI is InChI=1S/C13H18BrFO/c1-3-9(2)4-13(16)7-10-5-11(14)8-12(15)6-10/h5-6,8-9,13,16H,3-4,7H2,1-2H3. The van der Waals surface area contributed by atoms with Crippen LogP contribution in [0.1, 0.15) is 32.3 Å². The Bertz CT molecular complexity index is 320. The molecule has 0 aliphatic carbocycles. The van der Waals surface area contributed by atoms with Crippen LogP contribution in [0.25, 0.3) is 0 Å². The number of aliphatic hydroxyl groups is 1. The number of hydrogen-bond acceptors (Lipinski definition) is 1. The molecular weight excluding hydrogens is 271 g/mol. The van der Waals surface area contributed by atoms with Crippen LogP contribution >= 0.6 is 15.9 Å². The third-order valence-corrected chi connectivity index (χ3v) is 3.22. The summed E-state index contributed by atoms with van der Waals surface area (Å²) in [4.78, 5) is 0. The van der Waals surface area contributed by atoms with Crippen molar-refractivity contribution in [3.05, 3.63) is 34.1 Å². The van der Waals surface area contributed by atoms with Crippen LogP contribution < -0.4 is 0 Å². The second kappa shape index (κ2) is 6.36. The van der Waals surface area contributed by atoms with Gasteiger partial charge in [-0.3, -0.25) is 0 Å². The molecule has 1 rings (SSSR count). The van der Waals surface area contributed by atoms with Gasteiger partial charge in [-0.25, -0.2) is 4.39 Å². The Balaban J connectivity index is 2.58. The average Bonchev–Trinajstić information content (AvgIpc) is 2.15. The van der Waals surface area contributed by atoms with Gasteiger partial charge >= 0.3 is 0 Å². The van der Waals surface area contributed by atoms with Crippen molar-refractivity contribution in [3.63, 3.8) is 0 Å². The first-order valence-electron chi connectivity index (χ1n) is 5.64. The van der Waals surface area contributed by atoms with E-state index in [1.54, 1.807) is 0 Å². The van der Waals surface area contributed by atoms with Crippen LogP contribution in [0.3, 0.4) is 0 Å². The molecule has 2 atom stereocenters. The number of benzene rings is 1. The van der Waals surface area contributed by atoms with Gasteiger partial charge in [0.15, 0.2) is 0 Å². The highest BCUT2D eigenvalue weighted by Gasteiger charge is 2.10. The molecule has 0 aliphatic heterocycles. The fourth-order valence-electron chi connectivity index (χ4n) is 1.72. The fraction of sp³-hybridized carbons (Fsp3) is 0.538. The molecule has 0 aromatic heterocycles. The lowest BCUT2D eigenvalue weighted by atomic mass is 9.97. The van der Waals surface area contributed by atoms with Gasteiger partial charge in [0.05, 0.1) is 6.10 Å². The molecule has 0 saturated carbocycles. The van der Waals surface area contributed by atoms with Crippen molar-refractivity contribution in [1.29, 1.82) is 0 Å². The maximum absolute atomic E-state index is 13.1. The molecule has 16 heavy (non-hydrogen) atoms. The average molecular weight is 289 g/mol. The van der Waals surface area contributed by atoms with Crippen molar-refractivity contribution < 1.29 is 9.50 Å². The predicted octanol–water partition coefficient (Wildman–Crippen LogP) is 3.93. The zero-order chi connectivity index (χ0) is 12.1. The van der Waals surface area contributed by atoms with Crippen LogP contribution in [0.4, 0.5) is 4.39 Å². The van der Waals surface area contributed by atoms with E-state index in [0.717, 1.165) is 22.9 Å². The highest BCUT2D eigenvalue weighted by Crippen LogP contribution is 2.18. The van der Waals surface area contributed by atoms with Crippen molar-refractivity contribution in [1.82, 2.24) is 0 Å². The van der Waals surface area contributed by atoms with Gasteiger partial charge in [0.25, 0.3) is 0 Å². The van der Waals surface area contributed by atoms with Gasteiger partial charge in [-0.1, -0.05) is 36.2 Å². The molecule has 0 spiro atoms. The second-order valence-corrected chi connectivity index (χ2v) is 5.30. The van der Waals surface area contributed by atoms with E-state index < -0.39 is 0 Å². The molecule has 0 aliphatic rings. The van der Waals surface area contributed by atoms with Gasteiger partial charge in [0.2, 0.25) is 0 Å². The van der Waals surface area contributed by atoms with Gasteiger partial charge in [-0.2, -0.15) is 0 Å². The zero-order valence-corrected chi connectivity index (χ0v) is 11.3. The summed E-state index contributed by atoms with van der Waals surface area (Å²) in [7, 11) is 0. The van der Waals surface area contributed by atoms with E-state index in [9.17, 15) is 9.50 Å². The maximum atomic E-state index is 13.1. The van der Waals surface area contributed by atoms with Gasteiger partial charge in [0.1, 0.15) is 5.82 Å². The Morgan fingerprint density at radius 2 is 2.06 bits per heavy atom. The lowest BCUT2D eigenvalue weighted by Crippen LogP contribution is -2.14. The highest BCUT2D eigenvalue weighted by molar-refractivity contribution is 9.10. The first-order chi connectivity index (χ1) is 7.51. The van der Waals surface area contributed by atoms with E-state index in [1.807, 2.05) is 6.07 Å². The topological polar surface area (TPSA) is 20.2 Å². The molecule has 0 fully saturated rings. The Kier molecular flexibility index (Phi) is 5.42. The van der Waals surface area contributed by atoms with Gasteiger partial charge < -0.3 is 5.11 Å². The molecule has 1 aromatic carbocycles. The monoisotopic (exact) mass is 288 g/mol. The lowest BCUT2D eigenvalue weighted by Gasteiger charge is -2.15. The van der Waals surface area contributed by atoms with Crippen LogP contribution in [0, 0.1) is 11.7 Å². The molecule has 3 heteroatoms. The third-order valence-electron chi connectivity index (χ3n) is 2.77. The van der Waals surface area contributed by atoms with Gasteiger partial charge in [0, 0.05) is 4.47 Å². The van der Waals surface area contributed by atoms with Crippen molar-refractivity contribution in [2.24, 2.45) is 5.92 Å². The number of halogens is 2. The second-order valence-electron chi connectivity index (χ2n) is 4.38. The first-order valence-corrected chi connectivity index (χ1v) is 6.43. The molecule has 0 amide bonds. The van der Waals surface area contributed by atoms with Crippen LogP contribution in [0.2, 0.25) is 0 Å². The van der Waals surface area contributed by atoms with E-state index in [0.29, 0.717) is 12.3 Å². The summed E-state index contributed by atoms with van der Waals surface area (Å²) in [5, 5.41) is 9.85. The predicted molar refractivity (Wildman–Crippen MR) is 67.9 cm³/mol. The smallest absolute Gasteiger partial charge is 0.124 e. The fourth-order valence-corrected chi connectivity index (χ4v) is 2.23. The number of hydrogen-bond donors (Lipinski definition) is 1. The lowest BCUT2D eigenvalue weighted by molar-refractivity contribution is 0.144. The number of rotatable bonds is 5. The van der Waals surface area contributed by atoms with Gasteiger partial charge in [-0.05, 0) is 42.5 Å². The SMILES string of the molecule is CCC(C)CC(O)Cc1cc(F)cc(Br)c1. The van der Waals surface area contributed by atoms with E-state index >= 15 is 0 Å². The van der Waals surface area contributed by atoms with Crippen LogP contribution in [0.5, 0.6) is 0 Å². The van der Waals surface area contributed by atoms with Crippen molar-refractivity contribution in [2.45, 2.75) is 39.2 Å². The molecule has 2 unspecified atom stereocenters. The highest BCUT2D eigenvalue weighted by atomic mass is 79.9. The summed E-state index contributed by atoms with van der Waals surface area (Å²) in [5.41, 5.74) is 0.836. The molecule has 0 radical (unpaired) electrons. The van der Waals surface area contributed by atoms with Crippen LogP contribution in [0.15, 0.2) is 22.7 Å². The van der Waals surface area contributed by atoms with E-state index in [1.165, 1.54) is 12.1 Å². The first kappa shape index (κ1) is 13.7. The van der Waals surface area contributed by atoms with Crippen molar-refractivity contribution >= 4 is 15.9 Å². The summed E-state index contributed by atoms with van der Waals surface area (Å²) >= 11 is 3.25. The normalized spacial score (nSPS) is 14.8. The minimum Gasteiger partial charge on any atom is -0.393 e. The van der Waals surface area contributed by atoms with Crippen molar-refractivity contribution in [2.75, 3.05) is 0 Å². The summed E-state index contributed by atoms with van der Waals surface area (Å²) in [6.07, 6.45) is 1.96. The Morgan fingerprint density at radius 1 is 1.38 bits per heavy atom. The molecular formula is C13H18BrFO. The van der Waals surface area contributed by atoms with Crippen LogP contribution in [-0.4, -0.2) is 11.2 Å². The summed E-state index contributed by atoms with van der Waals surface area (Å²) in [6, 6.07) is 4.75. The molecule has 1 nitrogen and oxygen atoms in total. The molecule has 1 aromatic rings. The molecule has 1 N–H and O–H groups in total. The Morgan fingerprint density at radius 3 is 2.62 bits per heavy atom. The van der Waals surface area contributed by atoms with Crippen molar-refractivity contribution in [3.8, 4) is 0 Å². The van der Waals surface area contributed by atoms with E-state index in [-0.39, 0.29) is 11.9 Å². The molecule has 0 heterocycles. The minimum atomic E-state index is -0.386. The molecule has 0 bridgehead atoms. The maximum Gasteiger partial charge on any atom is 0.124 e. The van der Waals surface area contributed by atoms with E-state index in [2.05, 4.69) is 29.8 Å². The number of aliphatic hydroxyl groups excluding tert-OH is 1. The van der Waals surface area contributed by atoms with Crippen LogP contribution in [-0.2, 0) is 6.42 Å². The Hall–Kier alpha value is -0.410. The minimum absolute atomic E-state index is 0.264. The van der Waals surface area contributed by atoms with E-state index in [4.69, 9.17) is 0 Å². The molecule has 90 valence electrons. The Labute approximate surface area is 105 Å². The quantitative estimate of drug-likeness (QED) is 0.870. The summed E-state index contributed by atoms with van der Waals surface area (Å²) < 4.78 is 13.8. The van der Waals surface area contributed by atoms with Gasteiger partial charge in [-0.15, -0.1) is 0 Å². The largest absolute Gasteiger partial charge is 0.393 e. The zero-order valence-electron chi connectivity index (χ0n) is 9.71. The third kappa shape index (κ3) is 4.62. The molecule has 0 saturated heterocycles. The summed E-state index contributed by atoms with van der Waals surface area (Å²) in [5.74, 6) is 0.243.